The highest BCUT2D eigenvalue weighted by atomic mass is 19.1. The number of imidazole rings is 1. The largest absolute Gasteiger partial charge is 0.348 e. The van der Waals surface area contributed by atoms with E-state index in [4.69, 9.17) is 0 Å². The number of rotatable bonds is 2. The molecule has 3 rings (SSSR count). The van der Waals surface area contributed by atoms with E-state index in [0.29, 0.717) is 5.92 Å². The van der Waals surface area contributed by atoms with Crippen LogP contribution in [0.5, 0.6) is 0 Å². The van der Waals surface area contributed by atoms with E-state index in [2.05, 4.69) is 15.3 Å². The Balaban J connectivity index is 1.93. The van der Waals surface area contributed by atoms with Crippen LogP contribution in [0.15, 0.2) is 30.6 Å². The molecule has 2 heterocycles. The molecule has 2 N–H and O–H groups in total. The van der Waals surface area contributed by atoms with E-state index >= 15 is 0 Å². The molecule has 0 saturated carbocycles. The van der Waals surface area contributed by atoms with Gasteiger partial charge < -0.3 is 10.3 Å². The Morgan fingerprint density at radius 2 is 1.83 bits per heavy atom. The van der Waals surface area contributed by atoms with Crippen molar-refractivity contribution < 1.29 is 4.39 Å². The molecule has 0 aliphatic carbocycles. The average molecular weight is 245 g/mol. The van der Waals surface area contributed by atoms with E-state index in [1.165, 1.54) is 17.8 Å². The van der Waals surface area contributed by atoms with E-state index in [9.17, 15) is 4.39 Å². The third-order valence-corrected chi connectivity index (χ3v) is 3.53. The van der Waals surface area contributed by atoms with Crippen LogP contribution in [0.2, 0.25) is 0 Å². The summed E-state index contributed by atoms with van der Waals surface area (Å²) >= 11 is 0. The lowest BCUT2D eigenvalue weighted by Crippen LogP contribution is -2.27. The fourth-order valence-electron chi connectivity index (χ4n) is 2.56. The van der Waals surface area contributed by atoms with Crippen molar-refractivity contribution in [3.63, 3.8) is 0 Å². The van der Waals surface area contributed by atoms with Crippen molar-refractivity contribution in [1.29, 1.82) is 0 Å². The van der Waals surface area contributed by atoms with Gasteiger partial charge in [0.15, 0.2) is 0 Å². The van der Waals surface area contributed by atoms with Crippen molar-refractivity contribution in [2.75, 3.05) is 13.1 Å². The maximum absolute atomic E-state index is 12.9. The van der Waals surface area contributed by atoms with Crippen molar-refractivity contribution in [3.05, 3.63) is 42.1 Å². The molecule has 0 spiro atoms. The lowest BCUT2D eigenvalue weighted by Gasteiger charge is -2.22. The van der Waals surface area contributed by atoms with Gasteiger partial charge in [0.05, 0.1) is 12.0 Å². The molecule has 0 unspecified atom stereocenters. The van der Waals surface area contributed by atoms with Gasteiger partial charge >= 0.3 is 0 Å². The number of H-pyrrole nitrogens is 1. The monoisotopic (exact) mass is 245 g/mol. The summed E-state index contributed by atoms with van der Waals surface area (Å²) in [5, 5.41) is 3.36. The standard InChI is InChI=1S/C14H16FN3/c15-12-3-1-10(2-4-12)13-14(18-9-17-13)11-5-7-16-8-6-11/h1-4,9,11,16H,5-8H2,(H,17,18). The Morgan fingerprint density at radius 3 is 2.56 bits per heavy atom. The smallest absolute Gasteiger partial charge is 0.123 e. The zero-order valence-electron chi connectivity index (χ0n) is 10.1. The van der Waals surface area contributed by atoms with Crippen molar-refractivity contribution in [1.82, 2.24) is 15.3 Å². The summed E-state index contributed by atoms with van der Waals surface area (Å²) in [7, 11) is 0. The van der Waals surface area contributed by atoms with Crippen LogP contribution >= 0.6 is 0 Å². The van der Waals surface area contributed by atoms with Gasteiger partial charge in [-0.25, -0.2) is 9.37 Å². The number of aromatic amines is 1. The maximum atomic E-state index is 12.9. The number of benzene rings is 1. The number of hydrogen-bond acceptors (Lipinski definition) is 2. The molecule has 2 aromatic rings. The molecule has 0 amide bonds. The third kappa shape index (κ3) is 2.16. The minimum Gasteiger partial charge on any atom is -0.348 e. The molecule has 94 valence electrons. The van der Waals surface area contributed by atoms with Gasteiger partial charge in [0, 0.05) is 17.2 Å². The van der Waals surface area contributed by atoms with E-state index < -0.39 is 0 Å². The van der Waals surface area contributed by atoms with E-state index in [1.54, 1.807) is 18.5 Å². The molecular formula is C14H16FN3. The van der Waals surface area contributed by atoms with Crippen LogP contribution in [0, 0.1) is 5.82 Å². The van der Waals surface area contributed by atoms with Gasteiger partial charge in [-0.3, -0.25) is 0 Å². The van der Waals surface area contributed by atoms with Crippen molar-refractivity contribution >= 4 is 0 Å². The number of hydrogen-bond donors (Lipinski definition) is 2. The lowest BCUT2D eigenvalue weighted by atomic mass is 9.92. The molecule has 1 aliphatic heterocycles. The second-order valence-electron chi connectivity index (χ2n) is 4.70. The highest BCUT2D eigenvalue weighted by molar-refractivity contribution is 5.62. The quantitative estimate of drug-likeness (QED) is 0.854. The number of nitrogens with one attached hydrogen (secondary N) is 2. The van der Waals surface area contributed by atoms with Gasteiger partial charge in [-0.1, -0.05) is 0 Å². The summed E-state index contributed by atoms with van der Waals surface area (Å²) in [4.78, 5) is 7.65. The van der Waals surface area contributed by atoms with Crippen LogP contribution in [0.1, 0.15) is 24.5 Å². The number of nitrogens with zero attached hydrogens (tertiary/aromatic N) is 1. The van der Waals surface area contributed by atoms with Gasteiger partial charge in [0.2, 0.25) is 0 Å². The molecule has 18 heavy (non-hydrogen) atoms. The van der Waals surface area contributed by atoms with Gasteiger partial charge in [-0.2, -0.15) is 0 Å². The van der Waals surface area contributed by atoms with Crippen molar-refractivity contribution in [2.45, 2.75) is 18.8 Å². The molecule has 4 heteroatoms. The summed E-state index contributed by atoms with van der Waals surface area (Å²) in [5.74, 6) is 0.312. The first-order chi connectivity index (χ1) is 8.84. The van der Waals surface area contributed by atoms with Gasteiger partial charge in [0.1, 0.15) is 5.82 Å². The zero-order valence-corrected chi connectivity index (χ0v) is 10.1. The summed E-state index contributed by atoms with van der Waals surface area (Å²) in [6.07, 6.45) is 3.98. The molecule has 0 atom stereocenters. The first-order valence-electron chi connectivity index (χ1n) is 6.34. The van der Waals surface area contributed by atoms with Crippen molar-refractivity contribution in [3.8, 4) is 11.3 Å². The lowest BCUT2D eigenvalue weighted by molar-refractivity contribution is 0.455. The fraction of sp³-hybridized carbons (Fsp3) is 0.357. The second-order valence-corrected chi connectivity index (χ2v) is 4.70. The fourth-order valence-corrected chi connectivity index (χ4v) is 2.56. The Hall–Kier alpha value is -1.68. The van der Waals surface area contributed by atoms with Crippen LogP contribution in [-0.2, 0) is 0 Å². The van der Waals surface area contributed by atoms with Crippen LogP contribution in [0.25, 0.3) is 11.3 Å². The van der Waals surface area contributed by atoms with E-state index in [0.717, 1.165) is 37.2 Å². The predicted octanol–water partition coefficient (Wildman–Crippen LogP) is 2.68. The Kier molecular flexibility index (Phi) is 3.11. The van der Waals surface area contributed by atoms with E-state index in [-0.39, 0.29) is 5.82 Å². The summed E-state index contributed by atoms with van der Waals surface area (Å²) in [5.41, 5.74) is 3.12. The Morgan fingerprint density at radius 1 is 1.11 bits per heavy atom. The zero-order chi connectivity index (χ0) is 12.4. The van der Waals surface area contributed by atoms with Crippen molar-refractivity contribution in [2.24, 2.45) is 0 Å². The predicted molar refractivity (Wildman–Crippen MR) is 68.8 cm³/mol. The summed E-state index contributed by atoms with van der Waals surface area (Å²) < 4.78 is 12.9. The molecule has 3 nitrogen and oxygen atoms in total. The van der Waals surface area contributed by atoms with Crippen LogP contribution in [0.3, 0.4) is 0 Å². The van der Waals surface area contributed by atoms with Gasteiger partial charge in [-0.15, -0.1) is 0 Å². The van der Waals surface area contributed by atoms with Crippen LogP contribution in [-0.4, -0.2) is 23.1 Å². The minimum atomic E-state index is -0.210. The van der Waals surface area contributed by atoms with Gasteiger partial charge in [-0.05, 0) is 50.2 Å². The maximum Gasteiger partial charge on any atom is 0.123 e. The summed E-state index contributed by atoms with van der Waals surface area (Å²) in [6, 6.07) is 6.54. The first kappa shape index (κ1) is 11.4. The molecule has 1 saturated heterocycles. The topological polar surface area (TPSA) is 40.7 Å². The summed E-state index contributed by atoms with van der Waals surface area (Å²) in [6.45, 7) is 2.10. The molecule has 1 fully saturated rings. The molecule has 1 aromatic carbocycles. The Labute approximate surface area is 105 Å². The number of piperidine rings is 1. The Bertz CT molecular complexity index is 512. The first-order valence-corrected chi connectivity index (χ1v) is 6.34. The highest BCUT2D eigenvalue weighted by Gasteiger charge is 2.20. The third-order valence-electron chi connectivity index (χ3n) is 3.53. The van der Waals surface area contributed by atoms with E-state index in [1.807, 2.05) is 0 Å². The number of halogens is 1. The van der Waals surface area contributed by atoms with Gasteiger partial charge in [0.25, 0.3) is 0 Å². The molecule has 1 aliphatic rings. The molecule has 0 radical (unpaired) electrons. The SMILES string of the molecule is Fc1ccc(-c2nc[nH]c2C2CCNCC2)cc1. The molecule has 0 bridgehead atoms. The minimum absolute atomic E-state index is 0.210. The van der Waals surface area contributed by atoms with Crippen LogP contribution < -0.4 is 5.32 Å². The normalized spacial score (nSPS) is 16.9. The van der Waals surface area contributed by atoms with Crippen LogP contribution in [0.4, 0.5) is 4.39 Å². The molecule has 1 aromatic heterocycles. The highest BCUT2D eigenvalue weighted by Crippen LogP contribution is 2.31. The average Bonchev–Trinajstić information content (AvgIpc) is 2.90. The molecular weight excluding hydrogens is 229 g/mol. The second kappa shape index (κ2) is 4.90. The number of aromatic nitrogens is 2.